The number of aryl methyl sites for hydroxylation is 1. The van der Waals surface area contributed by atoms with E-state index in [9.17, 15) is 5.11 Å². The first-order chi connectivity index (χ1) is 8.06. The van der Waals surface area contributed by atoms with E-state index in [1.54, 1.807) is 0 Å². The van der Waals surface area contributed by atoms with E-state index in [1.807, 2.05) is 13.0 Å². The first-order valence-corrected chi connectivity index (χ1v) is 6.33. The molecule has 0 aliphatic heterocycles. The monoisotopic (exact) mass is 235 g/mol. The van der Waals surface area contributed by atoms with Gasteiger partial charge in [-0.25, -0.2) is 9.97 Å². The van der Waals surface area contributed by atoms with Gasteiger partial charge in [0.1, 0.15) is 11.6 Å². The molecule has 0 radical (unpaired) electrons. The van der Waals surface area contributed by atoms with E-state index in [-0.39, 0.29) is 6.10 Å². The maximum atomic E-state index is 9.79. The molecule has 1 aliphatic rings. The first kappa shape index (κ1) is 12.3. The minimum Gasteiger partial charge on any atom is -0.391 e. The molecule has 94 valence electrons. The average Bonchev–Trinajstić information content (AvgIpc) is 3.08. The lowest BCUT2D eigenvalue weighted by molar-refractivity contribution is 0.164. The minimum atomic E-state index is -0.243. The van der Waals surface area contributed by atoms with Crippen molar-refractivity contribution in [1.82, 2.24) is 9.97 Å². The van der Waals surface area contributed by atoms with Gasteiger partial charge in [-0.1, -0.05) is 13.8 Å². The largest absolute Gasteiger partial charge is 0.391 e. The van der Waals surface area contributed by atoms with Gasteiger partial charge in [0, 0.05) is 24.2 Å². The van der Waals surface area contributed by atoms with Crippen molar-refractivity contribution in [2.75, 3.05) is 11.9 Å². The SMILES string of the molecule is Cc1cc(NCC(O)C2CC2)nc(C(C)C)n1. The summed E-state index contributed by atoms with van der Waals surface area (Å²) >= 11 is 0. The van der Waals surface area contributed by atoms with E-state index < -0.39 is 0 Å². The summed E-state index contributed by atoms with van der Waals surface area (Å²) in [6.07, 6.45) is 2.07. The zero-order chi connectivity index (χ0) is 12.4. The summed E-state index contributed by atoms with van der Waals surface area (Å²) in [4.78, 5) is 8.85. The van der Waals surface area contributed by atoms with E-state index in [0.717, 1.165) is 30.2 Å². The van der Waals surface area contributed by atoms with Gasteiger partial charge in [-0.2, -0.15) is 0 Å². The molecule has 1 aliphatic carbocycles. The molecule has 1 heterocycles. The summed E-state index contributed by atoms with van der Waals surface area (Å²) in [5.74, 6) is 2.49. The Kier molecular flexibility index (Phi) is 3.62. The molecule has 0 spiro atoms. The second kappa shape index (κ2) is 5.00. The summed E-state index contributed by atoms with van der Waals surface area (Å²) in [6.45, 7) is 6.71. The van der Waals surface area contributed by atoms with E-state index in [2.05, 4.69) is 29.1 Å². The van der Waals surface area contributed by atoms with Gasteiger partial charge in [0.15, 0.2) is 0 Å². The van der Waals surface area contributed by atoms with Crippen LogP contribution in [0.15, 0.2) is 6.07 Å². The van der Waals surface area contributed by atoms with Crippen molar-refractivity contribution in [3.63, 3.8) is 0 Å². The molecule has 2 N–H and O–H groups in total. The van der Waals surface area contributed by atoms with Crippen LogP contribution >= 0.6 is 0 Å². The molecule has 1 fully saturated rings. The number of rotatable bonds is 5. The van der Waals surface area contributed by atoms with Crippen LogP contribution in [0.1, 0.15) is 44.1 Å². The molecule has 1 atom stereocenters. The van der Waals surface area contributed by atoms with Crippen molar-refractivity contribution in [2.24, 2.45) is 5.92 Å². The Labute approximate surface area is 102 Å². The number of aromatic nitrogens is 2. The van der Waals surface area contributed by atoms with Crippen LogP contribution in [0.2, 0.25) is 0 Å². The van der Waals surface area contributed by atoms with E-state index in [1.165, 1.54) is 0 Å². The zero-order valence-corrected chi connectivity index (χ0v) is 10.8. The Morgan fingerprint density at radius 3 is 2.71 bits per heavy atom. The van der Waals surface area contributed by atoms with Gasteiger partial charge >= 0.3 is 0 Å². The number of aliphatic hydroxyl groups excluding tert-OH is 1. The van der Waals surface area contributed by atoms with Gasteiger partial charge in [-0.3, -0.25) is 0 Å². The van der Waals surface area contributed by atoms with Gasteiger partial charge in [0.2, 0.25) is 0 Å². The molecule has 1 saturated carbocycles. The van der Waals surface area contributed by atoms with E-state index in [4.69, 9.17) is 0 Å². The number of aliphatic hydroxyl groups is 1. The van der Waals surface area contributed by atoms with Gasteiger partial charge < -0.3 is 10.4 Å². The van der Waals surface area contributed by atoms with Crippen LogP contribution in [-0.4, -0.2) is 27.7 Å². The van der Waals surface area contributed by atoms with Crippen LogP contribution in [0.5, 0.6) is 0 Å². The molecule has 4 heteroatoms. The number of hydrogen-bond donors (Lipinski definition) is 2. The summed E-state index contributed by atoms with van der Waals surface area (Å²) in [6, 6.07) is 1.92. The van der Waals surface area contributed by atoms with Crippen molar-refractivity contribution in [3.8, 4) is 0 Å². The van der Waals surface area contributed by atoms with Crippen LogP contribution in [-0.2, 0) is 0 Å². The van der Waals surface area contributed by atoms with Crippen molar-refractivity contribution >= 4 is 5.82 Å². The highest BCUT2D eigenvalue weighted by Gasteiger charge is 2.29. The molecule has 0 aromatic carbocycles. The van der Waals surface area contributed by atoms with Gasteiger partial charge in [0.05, 0.1) is 6.10 Å². The highest BCUT2D eigenvalue weighted by Crippen LogP contribution is 2.32. The van der Waals surface area contributed by atoms with Crippen LogP contribution in [0, 0.1) is 12.8 Å². The van der Waals surface area contributed by atoms with Gasteiger partial charge in [-0.15, -0.1) is 0 Å². The number of nitrogens with one attached hydrogen (secondary N) is 1. The minimum absolute atomic E-state index is 0.243. The van der Waals surface area contributed by atoms with Crippen molar-refractivity contribution in [3.05, 3.63) is 17.6 Å². The molecule has 2 rings (SSSR count). The van der Waals surface area contributed by atoms with Crippen LogP contribution in [0.4, 0.5) is 5.82 Å². The third-order valence-corrected chi connectivity index (χ3v) is 3.05. The zero-order valence-electron chi connectivity index (χ0n) is 10.8. The van der Waals surface area contributed by atoms with E-state index >= 15 is 0 Å². The van der Waals surface area contributed by atoms with Gasteiger partial charge in [0.25, 0.3) is 0 Å². The lowest BCUT2D eigenvalue weighted by Crippen LogP contribution is -2.22. The third-order valence-electron chi connectivity index (χ3n) is 3.05. The first-order valence-electron chi connectivity index (χ1n) is 6.33. The highest BCUT2D eigenvalue weighted by atomic mass is 16.3. The van der Waals surface area contributed by atoms with Crippen LogP contribution < -0.4 is 5.32 Å². The molecular weight excluding hydrogens is 214 g/mol. The fourth-order valence-corrected chi connectivity index (χ4v) is 1.80. The molecular formula is C13H21N3O. The summed E-state index contributed by atoms with van der Waals surface area (Å²) in [7, 11) is 0. The predicted molar refractivity (Wildman–Crippen MR) is 68.1 cm³/mol. The topological polar surface area (TPSA) is 58.0 Å². The maximum absolute atomic E-state index is 9.79. The molecule has 0 bridgehead atoms. The van der Waals surface area contributed by atoms with Gasteiger partial charge in [-0.05, 0) is 25.7 Å². The molecule has 1 aromatic rings. The summed E-state index contributed by atoms with van der Waals surface area (Å²) in [5, 5.41) is 13.0. The average molecular weight is 235 g/mol. The Morgan fingerprint density at radius 1 is 1.41 bits per heavy atom. The quantitative estimate of drug-likeness (QED) is 0.820. The Balaban J connectivity index is 1.99. The number of nitrogens with zero attached hydrogens (tertiary/aromatic N) is 2. The summed E-state index contributed by atoms with van der Waals surface area (Å²) in [5.41, 5.74) is 0.965. The Hall–Kier alpha value is -1.16. The summed E-state index contributed by atoms with van der Waals surface area (Å²) < 4.78 is 0. The third kappa shape index (κ3) is 3.40. The second-order valence-electron chi connectivity index (χ2n) is 5.19. The van der Waals surface area contributed by atoms with Crippen molar-refractivity contribution in [2.45, 2.75) is 45.6 Å². The lowest BCUT2D eigenvalue weighted by atomic mass is 10.2. The second-order valence-corrected chi connectivity index (χ2v) is 5.19. The number of hydrogen-bond acceptors (Lipinski definition) is 4. The fraction of sp³-hybridized carbons (Fsp3) is 0.692. The smallest absolute Gasteiger partial charge is 0.133 e. The van der Waals surface area contributed by atoms with Crippen molar-refractivity contribution in [1.29, 1.82) is 0 Å². The van der Waals surface area contributed by atoms with Crippen LogP contribution in [0.3, 0.4) is 0 Å². The van der Waals surface area contributed by atoms with E-state index in [0.29, 0.717) is 18.4 Å². The maximum Gasteiger partial charge on any atom is 0.133 e. The highest BCUT2D eigenvalue weighted by molar-refractivity contribution is 5.36. The number of anilines is 1. The molecule has 17 heavy (non-hydrogen) atoms. The molecule has 4 nitrogen and oxygen atoms in total. The molecule has 1 aromatic heterocycles. The predicted octanol–water partition coefficient (Wildman–Crippen LogP) is 2.09. The molecule has 0 saturated heterocycles. The molecule has 0 amide bonds. The normalized spacial score (nSPS) is 17.2. The standard InChI is InChI=1S/C13H21N3O/c1-8(2)13-15-9(3)6-12(16-13)14-7-11(17)10-4-5-10/h6,8,10-11,17H,4-5,7H2,1-3H3,(H,14,15,16). The molecule has 1 unspecified atom stereocenters. The lowest BCUT2D eigenvalue weighted by Gasteiger charge is -2.13. The fourth-order valence-electron chi connectivity index (χ4n) is 1.80. The van der Waals surface area contributed by atoms with Crippen LogP contribution in [0.25, 0.3) is 0 Å². The Bertz CT molecular complexity index is 388. The Morgan fingerprint density at radius 2 is 2.12 bits per heavy atom. The van der Waals surface area contributed by atoms with Crippen molar-refractivity contribution < 1.29 is 5.11 Å².